The molecule has 1 aromatic carbocycles. The highest BCUT2D eigenvalue weighted by molar-refractivity contribution is 5.70. The summed E-state index contributed by atoms with van der Waals surface area (Å²) in [7, 11) is 1.60. The largest absolute Gasteiger partial charge is 0.496 e. The van der Waals surface area contributed by atoms with Gasteiger partial charge in [-0.2, -0.15) is 0 Å². The van der Waals surface area contributed by atoms with Crippen LogP contribution in [0.4, 0.5) is 0 Å². The summed E-state index contributed by atoms with van der Waals surface area (Å²) in [6, 6.07) is 7.57. The molecular formula is C15H20O5. The molecule has 1 N–H and O–H groups in total. The van der Waals surface area contributed by atoms with E-state index < -0.39 is 12.2 Å². The van der Waals surface area contributed by atoms with Crippen LogP contribution in [0.15, 0.2) is 24.3 Å². The number of benzene rings is 1. The monoisotopic (exact) mass is 280 g/mol. The molecule has 1 aliphatic rings. The van der Waals surface area contributed by atoms with Gasteiger partial charge in [0.05, 0.1) is 19.8 Å². The Morgan fingerprint density at radius 1 is 1.45 bits per heavy atom. The van der Waals surface area contributed by atoms with Crippen LogP contribution in [0.1, 0.15) is 18.4 Å². The molecule has 5 heteroatoms. The Bertz CT molecular complexity index is 446. The van der Waals surface area contributed by atoms with Crippen molar-refractivity contribution in [1.29, 1.82) is 0 Å². The van der Waals surface area contributed by atoms with Crippen molar-refractivity contribution < 1.29 is 24.1 Å². The second-order valence-corrected chi connectivity index (χ2v) is 4.77. The molecule has 110 valence electrons. The van der Waals surface area contributed by atoms with E-state index in [1.807, 2.05) is 24.3 Å². The second kappa shape index (κ2) is 7.26. The fraction of sp³-hybridized carbons (Fsp3) is 0.533. The standard InChI is InChI=1S/C15H20O5/c1-18-13-5-3-2-4-11(13)6-7-15(17)20-14-10-19-9-8-12(14)16/h2-5,12,14,16H,6-10H2,1H3/t12-,14-/m1/s1. The van der Waals surface area contributed by atoms with Crippen LogP contribution in [0.25, 0.3) is 0 Å². The number of para-hydroxylation sites is 1. The van der Waals surface area contributed by atoms with E-state index in [9.17, 15) is 9.90 Å². The van der Waals surface area contributed by atoms with E-state index >= 15 is 0 Å². The molecule has 0 radical (unpaired) electrons. The van der Waals surface area contributed by atoms with Crippen LogP contribution in [0.2, 0.25) is 0 Å². The van der Waals surface area contributed by atoms with Gasteiger partial charge in [-0.3, -0.25) is 4.79 Å². The van der Waals surface area contributed by atoms with Crippen molar-refractivity contribution in [3.05, 3.63) is 29.8 Å². The lowest BCUT2D eigenvalue weighted by Gasteiger charge is -2.27. The maximum atomic E-state index is 11.8. The topological polar surface area (TPSA) is 65.0 Å². The molecule has 5 nitrogen and oxygen atoms in total. The third-order valence-corrected chi connectivity index (χ3v) is 3.34. The van der Waals surface area contributed by atoms with E-state index in [0.717, 1.165) is 11.3 Å². The molecule has 1 aliphatic heterocycles. The van der Waals surface area contributed by atoms with Gasteiger partial charge in [-0.15, -0.1) is 0 Å². The minimum absolute atomic E-state index is 0.254. The fourth-order valence-electron chi connectivity index (χ4n) is 2.19. The highest BCUT2D eigenvalue weighted by Crippen LogP contribution is 2.19. The van der Waals surface area contributed by atoms with Gasteiger partial charge < -0.3 is 19.3 Å². The number of aliphatic hydroxyl groups excluding tert-OH is 1. The van der Waals surface area contributed by atoms with Crippen molar-refractivity contribution in [2.75, 3.05) is 20.3 Å². The van der Waals surface area contributed by atoms with E-state index in [4.69, 9.17) is 14.2 Å². The quantitative estimate of drug-likeness (QED) is 0.824. The van der Waals surface area contributed by atoms with Crippen molar-refractivity contribution in [3.63, 3.8) is 0 Å². The minimum atomic E-state index is -0.626. The zero-order chi connectivity index (χ0) is 14.4. The number of rotatable bonds is 5. The van der Waals surface area contributed by atoms with Crippen molar-refractivity contribution >= 4 is 5.97 Å². The van der Waals surface area contributed by atoms with Gasteiger partial charge in [-0.1, -0.05) is 18.2 Å². The first kappa shape index (κ1) is 14.8. The second-order valence-electron chi connectivity index (χ2n) is 4.77. The van der Waals surface area contributed by atoms with Gasteiger partial charge in [0.1, 0.15) is 5.75 Å². The highest BCUT2D eigenvalue weighted by Gasteiger charge is 2.27. The molecule has 0 aromatic heterocycles. The summed E-state index contributed by atoms with van der Waals surface area (Å²) in [6.07, 6.45) is 0.133. The first-order valence-electron chi connectivity index (χ1n) is 6.78. The zero-order valence-electron chi connectivity index (χ0n) is 11.6. The summed E-state index contributed by atoms with van der Waals surface area (Å²) in [5, 5.41) is 9.71. The van der Waals surface area contributed by atoms with Crippen molar-refractivity contribution in [1.82, 2.24) is 0 Å². The Kier molecular flexibility index (Phi) is 5.38. The molecule has 1 saturated heterocycles. The van der Waals surface area contributed by atoms with E-state index in [1.54, 1.807) is 7.11 Å². The van der Waals surface area contributed by atoms with Gasteiger partial charge in [-0.25, -0.2) is 0 Å². The van der Waals surface area contributed by atoms with Crippen LogP contribution >= 0.6 is 0 Å². The van der Waals surface area contributed by atoms with E-state index in [2.05, 4.69) is 0 Å². The number of aliphatic hydroxyl groups is 1. The molecule has 0 aliphatic carbocycles. The first-order chi connectivity index (χ1) is 9.70. The van der Waals surface area contributed by atoms with Crippen LogP contribution in [0, 0.1) is 0 Å². The molecule has 0 unspecified atom stereocenters. The average molecular weight is 280 g/mol. The number of ether oxygens (including phenoxy) is 3. The lowest BCUT2D eigenvalue weighted by molar-refractivity contribution is -0.167. The summed E-state index contributed by atoms with van der Waals surface area (Å²) < 4.78 is 15.7. The number of esters is 1. The number of hydrogen-bond acceptors (Lipinski definition) is 5. The van der Waals surface area contributed by atoms with Gasteiger partial charge in [0.15, 0.2) is 6.10 Å². The maximum absolute atomic E-state index is 11.8. The zero-order valence-corrected chi connectivity index (χ0v) is 11.6. The van der Waals surface area contributed by atoms with Gasteiger partial charge in [-0.05, 0) is 18.1 Å². The van der Waals surface area contributed by atoms with Crippen molar-refractivity contribution in [2.24, 2.45) is 0 Å². The normalized spacial score (nSPS) is 22.3. The summed E-state index contributed by atoms with van der Waals surface area (Å²) in [5.74, 6) is 0.437. The van der Waals surface area contributed by atoms with Crippen LogP contribution in [-0.2, 0) is 20.7 Å². The molecule has 0 bridgehead atoms. The molecule has 2 rings (SSSR count). The molecule has 1 fully saturated rings. The molecule has 2 atom stereocenters. The van der Waals surface area contributed by atoms with Crippen molar-refractivity contribution in [3.8, 4) is 5.75 Å². The van der Waals surface area contributed by atoms with Crippen LogP contribution in [0.3, 0.4) is 0 Å². The Labute approximate surface area is 118 Å². The van der Waals surface area contributed by atoms with Gasteiger partial charge in [0.25, 0.3) is 0 Å². The number of hydrogen-bond donors (Lipinski definition) is 1. The molecule has 0 amide bonds. The van der Waals surface area contributed by atoms with E-state index in [-0.39, 0.29) is 19.0 Å². The Morgan fingerprint density at radius 3 is 3.00 bits per heavy atom. The highest BCUT2D eigenvalue weighted by atomic mass is 16.6. The minimum Gasteiger partial charge on any atom is -0.496 e. The van der Waals surface area contributed by atoms with Crippen molar-refractivity contribution in [2.45, 2.75) is 31.5 Å². The van der Waals surface area contributed by atoms with Crippen LogP contribution < -0.4 is 4.74 Å². The third-order valence-electron chi connectivity index (χ3n) is 3.34. The Morgan fingerprint density at radius 2 is 2.25 bits per heavy atom. The first-order valence-corrected chi connectivity index (χ1v) is 6.78. The lowest BCUT2D eigenvalue weighted by atomic mass is 10.1. The van der Waals surface area contributed by atoms with Crippen LogP contribution in [-0.4, -0.2) is 43.6 Å². The molecule has 1 aromatic rings. The SMILES string of the molecule is COc1ccccc1CCC(=O)O[C@@H]1COCC[C@H]1O. The van der Waals surface area contributed by atoms with Gasteiger partial charge >= 0.3 is 5.97 Å². The predicted molar refractivity (Wildman–Crippen MR) is 72.6 cm³/mol. The van der Waals surface area contributed by atoms with Gasteiger partial charge in [0.2, 0.25) is 0 Å². The molecule has 0 saturated carbocycles. The fourth-order valence-corrected chi connectivity index (χ4v) is 2.19. The lowest BCUT2D eigenvalue weighted by Crippen LogP contribution is -2.40. The molecular weight excluding hydrogens is 260 g/mol. The predicted octanol–water partition coefficient (Wildman–Crippen LogP) is 1.32. The number of aryl methyl sites for hydroxylation is 1. The van der Waals surface area contributed by atoms with Crippen LogP contribution in [0.5, 0.6) is 5.75 Å². The van der Waals surface area contributed by atoms with Gasteiger partial charge in [0, 0.05) is 19.4 Å². The molecule has 20 heavy (non-hydrogen) atoms. The van der Waals surface area contributed by atoms with E-state index in [0.29, 0.717) is 19.4 Å². The van der Waals surface area contributed by atoms with E-state index in [1.165, 1.54) is 0 Å². The molecule has 0 spiro atoms. The summed E-state index contributed by atoms with van der Waals surface area (Å²) >= 11 is 0. The molecule has 1 heterocycles. The smallest absolute Gasteiger partial charge is 0.306 e. The third kappa shape index (κ3) is 3.95. The number of carbonyl (C=O) groups excluding carboxylic acids is 1. The summed E-state index contributed by atoms with van der Waals surface area (Å²) in [5.41, 5.74) is 0.965. The number of carbonyl (C=O) groups is 1. The number of methoxy groups -OCH3 is 1. The maximum Gasteiger partial charge on any atom is 0.306 e. The summed E-state index contributed by atoms with van der Waals surface area (Å²) in [4.78, 5) is 11.8. The Hall–Kier alpha value is -1.59. The average Bonchev–Trinajstić information content (AvgIpc) is 2.48. The Balaban J connectivity index is 1.82. The summed E-state index contributed by atoms with van der Waals surface area (Å²) in [6.45, 7) is 0.776.